The number of carbonyl (C=O) groups excluding carboxylic acids is 2. The van der Waals surface area contributed by atoms with Crippen molar-refractivity contribution in [3.8, 4) is 0 Å². The number of nitro benzene ring substituents is 2. The van der Waals surface area contributed by atoms with Crippen molar-refractivity contribution in [3.63, 3.8) is 0 Å². The van der Waals surface area contributed by atoms with Gasteiger partial charge >= 0.3 is 5.97 Å². The summed E-state index contributed by atoms with van der Waals surface area (Å²) < 4.78 is 4.39. The fraction of sp³-hybridized carbons (Fsp3) is 0.200. The molecule has 0 atom stereocenters. The number of nitro groups is 2. The van der Waals surface area contributed by atoms with Crippen LogP contribution >= 0.6 is 11.8 Å². The molecule has 21 heavy (non-hydrogen) atoms. The maximum absolute atomic E-state index is 11.2. The predicted octanol–water partition coefficient (Wildman–Crippen LogP) is 0.867. The molecule has 0 fully saturated rings. The van der Waals surface area contributed by atoms with Crippen LogP contribution in [0, 0.1) is 20.2 Å². The number of carbonyl (C=O) groups is 2. The van der Waals surface area contributed by atoms with Crippen LogP contribution in [0.25, 0.3) is 0 Å². The van der Waals surface area contributed by atoms with E-state index in [4.69, 9.17) is 5.73 Å². The summed E-state index contributed by atoms with van der Waals surface area (Å²) in [6, 6.07) is 1.89. The lowest BCUT2D eigenvalue weighted by Gasteiger charge is -2.05. The third-order valence-corrected chi connectivity index (χ3v) is 3.24. The quantitative estimate of drug-likeness (QED) is 0.350. The molecule has 0 aromatic heterocycles. The van der Waals surface area contributed by atoms with E-state index in [0.717, 1.165) is 31.0 Å². The van der Waals surface area contributed by atoms with Crippen molar-refractivity contribution in [2.75, 3.05) is 12.9 Å². The highest BCUT2D eigenvalue weighted by atomic mass is 32.2. The van der Waals surface area contributed by atoms with Crippen LogP contribution in [-0.2, 0) is 9.53 Å². The first-order chi connectivity index (χ1) is 9.77. The normalized spacial score (nSPS) is 9.95. The van der Waals surface area contributed by atoms with Gasteiger partial charge in [0.25, 0.3) is 17.3 Å². The van der Waals surface area contributed by atoms with E-state index in [-0.39, 0.29) is 10.6 Å². The largest absolute Gasteiger partial charge is 0.468 e. The Morgan fingerprint density at radius 2 is 1.71 bits per heavy atom. The molecule has 0 saturated heterocycles. The third-order valence-electron chi connectivity index (χ3n) is 2.29. The Labute approximate surface area is 121 Å². The fourth-order valence-corrected chi connectivity index (χ4v) is 2.20. The van der Waals surface area contributed by atoms with Crippen molar-refractivity contribution in [2.45, 2.75) is 4.90 Å². The smallest absolute Gasteiger partial charge is 0.315 e. The van der Waals surface area contributed by atoms with E-state index in [9.17, 15) is 29.8 Å². The van der Waals surface area contributed by atoms with Gasteiger partial charge in [0.1, 0.15) is 0 Å². The summed E-state index contributed by atoms with van der Waals surface area (Å²) in [6.45, 7) is 0. The molecule has 1 aromatic rings. The van der Waals surface area contributed by atoms with Gasteiger partial charge in [-0.25, -0.2) is 0 Å². The van der Waals surface area contributed by atoms with E-state index in [0.29, 0.717) is 0 Å². The molecule has 0 unspecified atom stereocenters. The molecule has 0 bridgehead atoms. The van der Waals surface area contributed by atoms with Crippen LogP contribution in [0.2, 0.25) is 0 Å². The number of nitrogens with two attached hydrogens (primary N) is 1. The summed E-state index contributed by atoms with van der Waals surface area (Å²) in [7, 11) is 1.16. The lowest BCUT2D eigenvalue weighted by atomic mass is 10.1. The summed E-state index contributed by atoms with van der Waals surface area (Å²) >= 11 is 0.801. The second kappa shape index (κ2) is 6.65. The Hall–Kier alpha value is -2.69. The summed E-state index contributed by atoms with van der Waals surface area (Å²) in [5.41, 5.74) is 2.60. The first-order valence-electron chi connectivity index (χ1n) is 5.24. The Balaban J connectivity index is 3.37. The fourth-order valence-electron chi connectivity index (χ4n) is 1.41. The van der Waals surface area contributed by atoms with Crippen molar-refractivity contribution < 1.29 is 24.2 Å². The topological polar surface area (TPSA) is 156 Å². The highest BCUT2D eigenvalue weighted by Crippen LogP contribution is 2.34. The van der Waals surface area contributed by atoms with Crippen LogP contribution in [0.3, 0.4) is 0 Å². The molecule has 0 spiro atoms. The Kier molecular flexibility index (Phi) is 5.18. The average Bonchev–Trinajstić information content (AvgIpc) is 2.42. The van der Waals surface area contributed by atoms with Gasteiger partial charge in [0.2, 0.25) is 0 Å². The highest BCUT2D eigenvalue weighted by molar-refractivity contribution is 8.00. The minimum Gasteiger partial charge on any atom is -0.468 e. The molecule has 0 saturated carbocycles. The van der Waals surface area contributed by atoms with E-state index >= 15 is 0 Å². The minimum absolute atomic E-state index is 0.0730. The van der Waals surface area contributed by atoms with E-state index in [1.807, 2.05) is 0 Å². The zero-order valence-corrected chi connectivity index (χ0v) is 11.4. The molecule has 0 aliphatic heterocycles. The van der Waals surface area contributed by atoms with Gasteiger partial charge in [-0.15, -0.1) is 11.8 Å². The van der Waals surface area contributed by atoms with Gasteiger partial charge in [0, 0.05) is 17.0 Å². The summed E-state index contributed by atoms with van der Waals surface area (Å²) in [5, 5.41) is 21.8. The first-order valence-corrected chi connectivity index (χ1v) is 6.22. The van der Waals surface area contributed by atoms with E-state index in [2.05, 4.69) is 4.74 Å². The lowest BCUT2D eigenvalue weighted by Crippen LogP contribution is -2.16. The van der Waals surface area contributed by atoms with E-state index in [1.165, 1.54) is 0 Å². The maximum atomic E-state index is 11.2. The molecule has 112 valence electrons. The van der Waals surface area contributed by atoms with Gasteiger partial charge in [0.05, 0.1) is 22.7 Å². The molecule has 1 aromatic carbocycles. The molecule has 10 nitrogen and oxygen atoms in total. The molecule has 1 amide bonds. The standard InChI is InChI=1S/C10H9N3O7S/c1-20-8(14)4-21-5-2-6(12(16)17)9(10(11)15)7(3-5)13(18)19/h2-3H,4H2,1H3,(H2,11,15). The van der Waals surface area contributed by atoms with Crippen LogP contribution in [0.15, 0.2) is 17.0 Å². The summed E-state index contributed by atoms with van der Waals surface area (Å²) in [5.74, 6) is -2.08. The second-order valence-electron chi connectivity index (χ2n) is 3.58. The number of benzene rings is 1. The zero-order chi connectivity index (χ0) is 16.2. The van der Waals surface area contributed by atoms with Crippen LogP contribution in [0.1, 0.15) is 10.4 Å². The Morgan fingerprint density at radius 1 is 1.24 bits per heavy atom. The van der Waals surface area contributed by atoms with Gasteiger partial charge in [0.15, 0.2) is 5.56 Å². The average molecular weight is 315 g/mol. The number of primary amides is 1. The number of amides is 1. The molecule has 2 N–H and O–H groups in total. The van der Waals surface area contributed by atoms with Gasteiger partial charge < -0.3 is 10.5 Å². The molecule has 0 heterocycles. The van der Waals surface area contributed by atoms with Crippen LogP contribution in [-0.4, -0.2) is 34.6 Å². The van der Waals surface area contributed by atoms with Crippen LogP contribution in [0.4, 0.5) is 11.4 Å². The first kappa shape index (κ1) is 16.4. The molecule has 0 aliphatic carbocycles. The van der Waals surface area contributed by atoms with Crippen molar-refractivity contribution >= 4 is 35.0 Å². The maximum Gasteiger partial charge on any atom is 0.315 e. The van der Waals surface area contributed by atoms with Crippen molar-refractivity contribution in [3.05, 3.63) is 37.9 Å². The molecule has 0 radical (unpaired) electrons. The summed E-state index contributed by atoms with van der Waals surface area (Å²) in [4.78, 5) is 42.2. The number of esters is 1. The summed E-state index contributed by atoms with van der Waals surface area (Å²) in [6.07, 6.45) is 0. The van der Waals surface area contributed by atoms with Crippen LogP contribution in [0.5, 0.6) is 0 Å². The van der Waals surface area contributed by atoms with Crippen molar-refractivity contribution in [2.24, 2.45) is 5.73 Å². The van der Waals surface area contributed by atoms with E-state index < -0.39 is 38.7 Å². The molecule has 1 rings (SSSR count). The number of ether oxygens (including phenoxy) is 1. The molecule has 0 aliphatic rings. The second-order valence-corrected chi connectivity index (χ2v) is 4.63. The van der Waals surface area contributed by atoms with Crippen molar-refractivity contribution in [1.29, 1.82) is 0 Å². The minimum atomic E-state index is -1.28. The van der Waals surface area contributed by atoms with Crippen molar-refractivity contribution in [1.82, 2.24) is 0 Å². The number of hydrogen-bond acceptors (Lipinski definition) is 8. The number of hydrogen-bond donors (Lipinski definition) is 1. The monoisotopic (exact) mass is 315 g/mol. The Bertz CT molecular complexity index is 596. The molecular formula is C10H9N3O7S. The third kappa shape index (κ3) is 3.89. The molecule has 11 heteroatoms. The predicted molar refractivity (Wildman–Crippen MR) is 71.0 cm³/mol. The highest BCUT2D eigenvalue weighted by Gasteiger charge is 2.30. The SMILES string of the molecule is COC(=O)CSc1cc([N+](=O)[O-])c(C(N)=O)c([N+](=O)[O-])c1. The number of rotatable bonds is 6. The van der Waals surface area contributed by atoms with Gasteiger partial charge in [-0.2, -0.15) is 0 Å². The zero-order valence-electron chi connectivity index (χ0n) is 10.6. The van der Waals surface area contributed by atoms with Gasteiger partial charge in [-0.3, -0.25) is 29.8 Å². The molecular weight excluding hydrogens is 306 g/mol. The van der Waals surface area contributed by atoms with Gasteiger partial charge in [-0.1, -0.05) is 0 Å². The van der Waals surface area contributed by atoms with Gasteiger partial charge in [-0.05, 0) is 0 Å². The Morgan fingerprint density at radius 3 is 2.05 bits per heavy atom. The lowest BCUT2D eigenvalue weighted by molar-refractivity contribution is -0.394. The number of nitrogens with zero attached hydrogens (tertiary/aromatic N) is 2. The van der Waals surface area contributed by atoms with E-state index in [1.54, 1.807) is 0 Å². The number of methoxy groups -OCH3 is 1. The number of thioether (sulfide) groups is 1. The van der Waals surface area contributed by atoms with Crippen LogP contribution < -0.4 is 5.73 Å².